The summed E-state index contributed by atoms with van der Waals surface area (Å²) in [4.78, 5) is 17.5. The van der Waals surface area contributed by atoms with E-state index in [2.05, 4.69) is 62.4 Å². The molecule has 0 spiro atoms. The van der Waals surface area contributed by atoms with E-state index in [1.165, 1.54) is 11.1 Å². The third-order valence-corrected chi connectivity index (χ3v) is 6.09. The van der Waals surface area contributed by atoms with E-state index in [-0.39, 0.29) is 11.8 Å². The van der Waals surface area contributed by atoms with Crippen LogP contribution >= 0.6 is 15.9 Å². The molecule has 27 heavy (non-hydrogen) atoms. The first-order valence-electron chi connectivity index (χ1n) is 9.64. The lowest BCUT2D eigenvalue weighted by Crippen LogP contribution is -2.43. The average Bonchev–Trinajstić information content (AvgIpc) is 3.45. The molecule has 1 N–H and O–H groups in total. The number of nitrogens with one attached hydrogen (secondary N) is 1. The quantitative estimate of drug-likeness (QED) is 0.784. The van der Waals surface area contributed by atoms with Crippen LogP contribution in [0.4, 0.5) is 5.69 Å². The van der Waals surface area contributed by atoms with E-state index >= 15 is 0 Å². The summed E-state index contributed by atoms with van der Waals surface area (Å²) in [6.07, 6.45) is 0.934. The molecule has 2 unspecified atom stereocenters. The number of benzene rings is 2. The Balaban J connectivity index is 1.34. The van der Waals surface area contributed by atoms with Crippen LogP contribution in [0.3, 0.4) is 0 Å². The lowest BCUT2D eigenvalue weighted by Gasteiger charge is -2.32. The molecule has 4 rings (SSSR count). The predicted molar refractivity (Wildman–Crippen MR) is 113 cm³/mol. The highest BCUT2D eigenvalue weighted by Gasteiger charge is 2.43. The number of carbonyl (C=O) groups excluding carboxylic acids is 1. The number of amides is 1. The molecule has 1 heterocycles. The fraction of sp³-hybridized carbons (Fsp3) is 0.409. The minimum absolute atomic E-state index is 0.0839. The van der Waals surface area contributed by atoms with Gasteiger partial charge in [0, 0.05) is 48.8 Å². The predicted octanol–water partition coefficient (Wildman–Crippen LogP) is 3.94. The molecule has 0 aromatic heterocycles. The maximum absolute atomic E-state index is 12.6. The summed E-state index contributed by atoms with van der Waals surface area (Å²) in [5, 5.41) is 3.13. The van der Waals surface area contributed by atoms with E-state index in [0.717, 1.165) is 49.3 Å². The highest BCUT2D eigenvalue weighted by atomic mass is 79.9. The van der Waals surface area contributed by atoms with E-state index in [9.17, 15) is 4.79 Å². The Kier molecular flexibility index (Phi) is 5.62. The molecule has 142 valence electrons. The summed E-state index contributed by atoms with van der Waals surface area (Å²) in [5.41, 5.74) is 3.41. The van der Waals surface area contributed by atoms with Gasteiger partial charge in [0.15, 0.2) is 0 Å². The van der Waals surface area contributed by atoms with Gasteiger partial charge in [-0.05, 0) is 54.8 Å². The number of carbonyl (C=O) groups is 1. The summed E-state index contributed by atoms with van der Waals surface area (Å²) in [7, 11) is 2.17. The van der Waals surface area contributed by atoms with Crippen molar-refractivity contribution in [2.45, 2.75) is 18.9 Å². The third-order valence-electron chi connectivity index (χ3n) is 5.60. The fourth-order valence-corrected chi connectivity index (χ4v) is 4.25. The maximum atomic E-state index is 12.6. The molecule has 1 saturated carbocycles. The van der Waals surface area contributed by atoms with Gasteiger partial charge in [0.25, 0.3) is 0 Å². The third kappa shape index (κ3) is 4.78. The smallest absolute Gasteiger partial charge is 0.228 e. The Morgan fingerprint density at radius 1 is 1.11 bits per heavy atom. The van der Waals surface area contributed by atoms with Crippen molar-refractivity contribution in [1.29, 1.82) is 0 Å². The Bertz CT molecular complexity index is 817. The number of nitrogens with zero attached hydrogens (tertiary/aromatic N) is 2. The molecule has 2 aromatic rings. The molecule has 1 amide bonds. The summed E-state index contributed by atoms with van der Waals surface area (Å²) >= 11 is 3.51. The molecule has 2 fully saturated rings. The average molecular weight is 428 g/mol. The first-order chi connectivity index (χ1) is 13.1. The summed E-state index contributed by atoms with van der Waals surface area (Å²) < 4.78 is 1.07. The molecule has 0 bridgehead atoms. The largest absolute Gasteiger partial charge is 0.326 e. The molecule has 1 saturated heterocycles. The molecule has 1 aliphatic carbocycles. The summed E-state index contributed by atoms with van der Waals surface area (Å²) in [6.45, 7) is 5.39. The van der Waals surface area contributed by atoms with Crippen molar-refractivity contribution < 1.29 is 4.79 Å². The zero-order chi connectivity index (χ0) is 18.8. The van der Waals surface area contributed by atoms with E-state index in [1.54, 1.807) is 0 Å². The van der Waals surface area contributed by atoms with Crippen molar-refractivity contribution in [2.75, 3.05) is 38.5 Å². The zero-order valence-electron chi connectivity index (χ0n) is 15.7. The highest BCUT2D eigenvalue weighted by molar-refractivity contribution is 9.10. The van der Waals surface area contributed by atoms with Crippen LogP contribution in [-0.4, -0.2) is 48.9 Å². The van der Waals surface area contributed by atoms with Gasteiger partial charge in [-0.15, -0.1) is 0 Å². The SMILES string of the molecule is CN1CCN(Cc2cccc(NC(=O)C3CC3c3cccc(Br)c3)c2)CC1. The van der Waals surface area contributed by atoms with Crippen LogP contribution in [0.1, 0.15) is 23.5 Å². The highest BCUT2D eigenvalue weighted by Crippen LogP contribution is 2.48. The van der Waals surface area contributed by atoms with Crippen LogP contribution in [0.5, 0.6) is 0 Å². The van der Waals surface area contributed by atoms with Gasteiger partial charge >= 0.3 is 0 Å². The molecular weight excluding hydrogens is 402 g/mol. The van der Waals surface area contributed by atoms with E-state index in [4.69, 9.17) is 0 Å². The molecule has 2 atom stereocenters. The minimum Gasteiger partial charge on any atom is -0.326 e. The Morgan fingerprint density at radius 2 is 1.89 bits per heavy atom. The van der Waals surface area contributed by atoms with Crippen molar-refractivity contribution in [3.05, 3.63) is 64.1 Å². The number of hydrogen-bond acceptors (Lipinski definition) is 3. The van der Waals surface area contributed by atoms with Crippen molar-refractivity contribution in [3.8, 4) is 0 Å². The second-order valence-corrected chi connectivity index (χ2v) is 8.69. The molecule has 5 heteroatoms. The second-order valence-electron chi connectivity index (χ2n) is 7.77. The Morgan fingerprint density at radius 3 is 2.67 bits per heavy atom. The summed E-state index contributed by atoms with van der Waals surface area (Å²) in [5.74, 6) is 0.563. The molecule has 0 radical (unpaired) electrons. The number of halogens is 1. The standard InChI is InChI=1S/C22H26BrN3O/c1-25-8-10-26(11-9-25)15-16-4-2-7-19(12-16)24-22(27)21-14-20(21)17-5-3-6-18(23)13-17/h2-7,12-13,20-21H,8-11,14-15H2,1H3,(H,24,27). The number of rotatable bonds is 5. The van der Waals surface area contributed by atoms with Crippen LogP contribution < -0.4 is 5.32 Å². The van der Waals surface area contributed by atoms with Gasteiger partial charge in [-0.25, -0.2) is 0 Å². The van der Waals surface area contributed by atoms with Gasteiger partial charge in [-0.1, -0.05) is 40.2 Å². The second kappa shape index (κ2) is 8.13. The minimum atomic E-state index is 0.0839. The van der Waals surface area contributed by atoms with Crippen LogP contribution in [0.15, 0.2) is 53.0 Å². The van der Waals surface area contributed by atoms with Crippen LogP contribution in [0.25, 0.3) is 0 Å². The molecular formula is C22H26BrN3O. The van der Waals surface area contributed by atoms with Crippen LogP contribution in [0, 0.1) is 5.92 Å². The lowest BCUT2D eigenvalue weighted by atomic mass is 10.1. The van der Waals surface area contributed by atoms with Crippen molar-refractivity contribution in [2.24, 2.45) is 5.92 Å². The lowest BCUT2D eigenvalue weighted by molar-refractivity contribution is -0.117. The fourth-order valence-electron chi connectivity index (χ4n) is 3.84. The zero-order valence-corrected chi connectivity index (χ0v) is 17.3. The first-order valence-corrected chi connectivity index (χ1v) is 10.4. The number of hydrogen-bond donors (Lipinski definition) is 1. The maximum Gasteiger partial charge on any atom is 0.228 e. The van der Waals surface area contributed by atoms with Gasteiger partial charge < -0.3 is 10.2 Å². The number of piperazine rings is 1. The van der Waals surface area contributed by atoms with Crippen molar-refractivity contribution >= 4 is 27.5 Å². The Labute approximate surface area is 169 Å². The normalized spacial score (nSPS) is 23.2. The number of anilines is 1. The summed E-state index contributed by atoms with van der Waals surface area (Å²) in [6, 6.07) is 16.6. The van der Waals surface area contributed by atoms with E-state index in [0.29, 0.717) is 5.92 Å². The van der Waals surface area contributed by atoms with Gasteiger partial charge in [0.1, 0.15) is 0 Å². The molecule has 2 aliphatic rings. The van der Waals surface area contributed by atoms with Crippen molar-refractivity contribution in [1.82, 2.24) is 9.80 Å². The first kappa shape index (κ1) is 18.7. The molecule has 1 aliphatic heterocycles. The van der Waals surface area contributed by atoms with Crippen LogP contribution in [-0.2, 0) is 11.3 Å². The topological polar surface area (TPSA) is 35.6 Å². The Hall–Kier alpha value is -1.69. The van der Waals surface area contributed by atoms with E-state index in [1.807, 2.05) is 24.3 Å². The molecule has 4 nitrogen and oxygen atoms in total. The monoisotopic (exact) mass is 427 g/mol. The van der Waals surface area contributed by atoms with Crippen LogP contribution in [0.2, 0.25) is 0 Å². The van der Waals surface area contributed by atoms with Gasteiger partial charge in [-0.3, -0.25) is 9.69 Å². The van der Waals surface area contributed by atoms with Gasteiger partial charge in [0.2, 0.25) is 5.91 Å². The van der Waals surface area contributed by atoms with Gasteiger partial charge in [0.05, 0.1) is 0 Å². The number of likely N-dealkylation sites (N-methyl/N-ethyl adjacent to an activating group) is 1. The molecule has 2 aromatic carbocycles. The van der Waals surface area contributed by atoms with E-state index < -0.39 is 0 Å². The van der Waals surface area contributed by atoms with Crippen molar-refractivity contribution in [3.63, 3.8) is 0 Å². The van der Waals surface area contributed by atoms with Gasteiger partial charge in [-0.2, -0.15) is 0 Å².